The van der Waals surface area contributed by atoms with Crippen molar-refractivity contribution < 1.29 is 0 Å². The molecular formula is C4H6BClN2. The Bertz CT molecular complexity index is 126. The van der Waals surface area contributed by atoms with E-state index in [0.717, 1.165) is 0 Å². The lowest BCUT2D eigenvalue weighted by molar-refractivity contribution is 1.50. The molecule has 42 valence electrons. The molecule has 0 saturated heterocycles. The lowest BCUT2D eigenvalue weighted by Gasteiger charge is -1.87. The molecule has 4 heteroatoms. The van der Waals surface area contributed by atoms with Crippen LogP contribution in [-0.2, 0) is 0 Å². The highest BCUT2D eigenvalue weighted by atomic mass is 35.5. The molecule has 0 saturated carbocycles. The highest BCUT2D eigenvalue weighted by Gasteiger charge is 1.80. The summed E-state index contributed by atoms with van der Waals surface area (Å²) >= 11 is 5.21. The third-order valence-electron chi connectivity index (χ3n) is 0.497. The van der Waals surface area contributed by atoms with Gasteiger partial charge in [-0.2, -0.15) is 0 Å². The van der Waals surface area contributed by atoms with E-state index in [1.54, 1.807) is 0 Å². The molecule has 0 aliphatic carbocycles. The van der Waals surface area contributed by atoms with E-state index in [1.165, 1.54) is 12.3 Å². The molecule has 0 aliphatic rings. The highest BCUT2D eigenvalue weighted by Crippen LogP contribution is 1.94. The van der Waals surface area contributed by atoms with Crippen LogP contribution in [0.15, 0.2) is 22.9 Å². The number of allylic oxidation sites excluding steroid dienone is 2. The van der Waals surface area contributed by atoms with Crippen LogP contribution in [0.2, 0.25) is 0 Å². The lowest BCUT2D eigenvalue weighted by atomic mass is 9.97. The van der Waals surface area contributed by atoms with Crippen LogP contribution in [0.5, 0.6) is 0 Å². The zero-order valence-corrected chi connectivity index (χ0v) is 5.02. The summed E-state index contributed by atoms with van der Waals surface area (Å²) in [5, 5.41) is 0.129. The predicted molar refractivity (Wildman–Crippen MR) is 36.1 cm³/mol. The zero-order valence-electron chi connectivity index (χ0n) is 4.26. The molecule has 2 nitrogen and oxygen atoms in total. The van der Waals surface area contributed by atoms with Gasteiger partial charge in [0.05, 0.1) is 5.16 Å². The third-order valence-corrected chi connectivity index (χ3v) is 0.606. The highest BCUT2D eigenvalue weighted by molar-refractivity contribution is 6.31. The molecule has 0 aromatic heterocycles. The van der Waals surface area contributed by atoms with Gasteiger partial charge in [-0.3, -0.25) is 0 Å². The van der Waals surface area contributed by atoms with Crippen LogP contribution in [0.25, 0.3) is 0 Å². The van der Waals surface area contributed by atoms with Gasteiger partial charge in [0, 0.05) is 0 Å². The van der Waals surface area contributed by atoms with Gasteiger partial charge < -0.3 is 11.5 Å². The molecule has 0 aromatic rings. The first kappa shape index (κ1) is 7.43. The van der Waals surface area contributed by atoms with E-state index < -0.39 is 0 Å². The van der Waals surface area contributed by atoms with E-state index >= 15 is 0 Å². The van der Waals surface area contributed by atoms with Gasteiger partial charge in [0.25, 0.3) is 0 Å². The molecule has 0 spiro atoms. The van der Waals surface area contributed by atoms with Crippen molar-refractivity contribution >= 4 is 19.4 Å². The topological polar surface area (TPSA) is 52.0 Å². The third kappa shape index (κ3) is 3.62. The van der Waals surface area contributed by atoms with Gasteiger partial charge in [0.2, 0.25) is 0 Å². The molecule has 4 N–H and O–H groups in total. The Morgan fingerprint density at radius 2 is 2.12 bits per heavy atom. The monoisotopic (exact) mass is 128 g/mol. The first-order chi connectivity index (χ1) is 3.66. The summed E-state index contributed by atoms with van der Waals surface area (Å²) < 4.78 is 0. The maximum Gasteiger partial charge on any atom is 0.115 e. The molecule has 0 amide bonds. The van der Waals surface area contributed by atoms with Gasteiger partial charge in [-0.05, 0) is 12.3 Å². The lowest BCUT2D eigenvalue weighted by Crippen LogP contribution is -1.91. The van der Waals surface area contributed by atoms with Crippen LogP contribution >= 0.6 is 11.6 Å². The maximum atomic E-state index is 5.21. The van der Waals surface area contributed by atoms with Crippen molar-refractivity contribution in [3.8, 4) is 0 Å². The second-order valence-electron chi connectivity index (χ2n) is 1.20. The Morgan fingerprint density at radius 1 is 1.62 bits per heavy atom. The van der Waals surface area contributed by atoms with Crippen molar-refractivity contribution in [2.45, 2.75) is 0 Å². The summed E-state index contributed by atoms with van der Waals surface area (Å²) in [6.45, 7) is 0. The maximum absolute atomic E-state index is 5.21. The average Bonchev–Trinajstić information content (AvgIpc) is 1.65. The number of hydrogen-bond donors (Lipinski definition) is 2. The van der Waals surface area contributed by atoms with Crippen LogP contribution < -0.4 is 11.5 Å². The van der Waals surface area contributed by atoms with Gasteiger partial charge in [-0.1, -0.05) is 17.1 Å². The summed E-state index contributed by atoms with van der Waals surface area (Å²) in [5.74, 6) is 0. The molecule has 0 fully saturated rings. The number of nitrogens with two attached hydrogens (primary N) is 2. The Balaban J connectivity index is 3.89. The van der Waals surface area contributed by atoms with Crippen LogP contribution in [0.1, 0.15) is 0 Å². The first-order valence-electron chi connectivity index (χ1n) is 1.97. The minimum atomic E-state index is 0.129. The fourth-order valence-corrected chi connectivity index (χ4v) is 0.333. The van der Waals surface area contributed by atoms with Crippen LogP contribution in [0, 0.1) is 0 Å². The molecule has 2 radical (unpaired) electrons. The minimum absolute atomic E-state index is 0.129. The van der Waals surface area contributed by atoms with E-state index in [9.17, 15) is 0 Å². The summed E-state index contributed by atoms with van der Waals surface area (Å²) in [6.07, 6.45) is 2.58. The Kier molecular flexibility index (Phi) is 3.20. The first-order valence-corrected chi connectivity index (χ1v) is 2.34. The number of halogens is 1. The van der Waals surface area contributed by atoms with Gasteiger partial charge >= 0.3 is 0 Å². The number of rotatable bonds is 1. The zero-order chi connectivity index (χ0) is 6.57. The molecule has 0 unspecified atom stereocenters. The van der Waals surface area contributed by atoms with Crippen LogP contribution in [0.3, 0.4) is 0 Å². The fraction of sp³-hybridized carbons (Fsp3) is 0. The van der Waals surface area contributed by atoms with Gasteiger partial charge in [0.1, 0.15) is 7.85 Å². The molecule has 0 aromatic carbocycles. The molecule has 0 heterocycles. The second-order valence-corrected chi connectivity index (χ2v) is 1.63. The van der Waals surface area contributed by atoms with Gasteiger partial charge in [0.15, 0.2) is 0 Å². The SMILES string of the molecule is [B]C(=C/N)/C=C(\N)Cl. The Labute approximate surface area is 54.6 Å². The smallest absolute Gasteiger partial charge is 0.115 e. The van der Waals surface area contributed by atoms with E-state index in [4.69, 9.17) is 30.9 Å². The summed E-state index contributed by atoms with van der Waals surface area (Å²) in [5.41, 5.74) is 10.4. The van der Waals surface area contributed by atoms with E-state index in [2.05, 4.69) is 0 Å². The minimum Gasteiger partial charge on any atom is -0.405 e. The molecule has 0 rings (SSSR count). The molecule has 0 bridgehead atoms. The Morgan fingerprint density at radius 3 is 2.25 bits per heavy atom. The van der Waals surface area contributed by atoms with Crippen LogP contribution in [-0.4, -0.2) is 7.85 Å². The van der Waals surface area contributed by atoms with Crippen molar-refractivity contribution in [1.29, 1.82) is 0 Å². The summed E-state index contributed by atoms with van der Waals surface area (Å²) in [6, 6.07) is 0. The molecule has 8 heavy (non-hydrogen) atoms. The standard InChI is InChI=1S/C4H6BClN2/c5-3(2-7)1-4(6)8/h1-2H,7-8H2/b3-2+,4-1-. The van der Waals surface area contributed by atoms with Crippen molar-refractivity contribution in [3.05, 3.63) is 22.9 Å². The second kappa shape index (κ2) is 3.44. The number of hydrogen-bond acceptors (Lipinski definition) is 2. The summed E-state index contributed by atoms with van der Waals surface area (Å²) in [4.78, 5) is 0. The molecular weight excluding hydrogens is 122 g/mol. The Hall–Kier alpha value is -0.565. The fourth-order valence-electron chi connectivity index (χ4n) is 0.207. The van der Waals surface area contributed by atoms with Gasteiger partial charge in [-0.15, -0.1) is 0 Å². The van der Waals surface area contributed by atoms with Gasteiger partial charge in [-0.25, -0.2) is 0 Å². The average molecular weight is 128 g/mol. The normalized spacial score (nSPS) is 14.1. The molecule has 0 aliphatic heterocycles. The largest absolute Gasteiger partial charge is 0.405 e. The van der Waals surface area contributed by atoms with Crippen molar-refractivity contribution in [1.82, 2.24) is 0 Å². The van der Waals surface area contributed by atoms with Crippen molar-refractivity contribution in [3.63, 3.8) is 0 Å². The van der Waals surface area contributed by atoms with Crippen molar-refractivity contribution in [2.75, 3.05) is 0 Å². The van der Waals surface area contributed by atoms with Crippen LogP contribution in [0.4, 0.5) is 0 Å². The van der Waals surface area contributed by atoms with Crippen molar-refractivity contribution in [2.24, 2.45) is 11.5 Å². The van der Waals surface area contributed by atoms with E-state index in [1.807, 2.05) is 0 Å². The predicted octanol–water partition coefficient (Wildman–Crippen LogP) is -0.00610. The van der Waals surface area contributed by atoms with E-state index in [0.29, 0.717) is 5.47 Å². The van der Waals surface area contributed by atoms with E-state index in [-0.39, 0.29) is 5.16 Å². The summed E-state index contributed by atoms with van der Waals surface area (Å²) in [7, 11) is 5.17. The molecule has 0 atom stereocenters. The quantitative estimate of drug-likeness (QED) is 0.297.